The Kier molecular flexibility index (Phi) is 1.92. The molecular formula is C6H11NO3. The fraction of sp³-hybridized carbons (Fsp3) is 0.833. The smallest absolute Gasteiger partial charge is 0.310 e. The molecule has 3 N–H and O–H groups in total. The molecule has 0 spiro atoms. The number of hydrogen-bond acceptors (Lipinski definition) is 3. The van der Waals surface area contributed by atoms with Crippen LogP contribution >= 0.6 is 0 Å². The van der Waals surface area contributed by atoms with Crippen LogP contribution in [0.2, 0.25) is 0 Å². The van der Waals surface area contributed by atoms with Crippen molar-refractivity contribution in [2.24, 2.45) is 5.92 Å². The predicted molar refractivity (Wildman–Crippen MR) is 34.6 cm³/mol. The molecule has 1 saturated heterocycles. The van der Waals surface area contributed by atoms with Crippen LogP contribution in [0.4, 0.5) is 0 Å². The van der Waals surface area contributed by atoms with Crippen LogP contribution in [0.5, 0.6) is 0 Å². The summed E-state index contributed by atoms with van der Waals surface area (Å²) in [5.74, 6) is -1.56. The van der Waals surface area contributed by atoms with Crippen molar-refractivity contribution < 1.29 is 15.0 Å². The Hall–Kier alpha value is -0.610. The highest BCUT2D eigenvalue weighted by atomic mass is 16.4. The van der Waals surface area contributed by atoms with Crippen molar-refractivity contribution in [1.29, 1.82) is 0 Å². The summed E-state index contributed by atoms with van der Waals surface area (Å²) in [5.41, 5.74) is 0. The lowest BCUT2D eigenvalue weighted by molar-refractivity contribution is -0.144. The molecule has 0 aromatic rings. The summed E-state index contributed by atoms with van der Waals surface area (Å²) in [7, 11) is 0. The van der Waals surface area contributed by atoms with Crippen LogP contribution in [0.1, 0.15) is 6.92 Å². The van der Waals surface area contributed by atoms with Gasteiger partial charge in [-0.3, -0.25) is 4.79 Å². The molecule has 1 heterocycles. The summed E-state index contributed by atoms with van der Waals surface area (Å²) in [6.45, 7) is 2.14. The average Bonchev–Trinajstić information content (AvgIpc) is 2.14. The van der Waals surface area contributed by atoms with Crippen LogP contribution < -0.4 is 5.32 Å². The molecule has 10 heavy (non-hydrogen) atoms. The number of aliphatic hydroxyl groups is 1. The molecule has 1 rings (SSSR count). The summed E-state index contributed by atoms with van der Waals surface area (Å²) < 4.78 is 0. The second kappa shape index (κ2) is 2.56. The minimum Gasteiger partial charge on any atom is -0.481 e. The minimum absolute atomic E-state index is 0.0962. The van der Waals surface area contributed by atoms with Crippen LogP contribution in [-0.2, 0) is 4.79 Å². The fourth-order valence-electron chi connectivity index (χ4n) is 1.14. The minimum atomic E-state index is -0.927. The molecule has 0 radical (unpaired) electrons. The number of carboxylic acid groups (broad SMARTS) is 1. The number of aliphatic hydroxyl groups excluding tert-OH is 1. The molecule has 1 fully saturated rings. The highest BCUT2D eigenvalue weighted by Gasteiger charge is 2.36. The summed E-state index contributed by atoms with van der Waals surface area (Å²) in [6.07, 6.45) is -0.738. The zero-order chi connectivity index (χ0) is 7.72. The second-order valence-electron chi connectivity index (χ2n) is 2.63. The monoisotopic (exact) mass is 145 g/mol. The molecule has 0 unspecified atom stereocenters. The molecule has 4 nitrogen and oxygen atoms in total. The average molecular weight is 145 g/mol. The molecule has 3 atom stereocenters. The van der Waals surface area contributed by atoms with Gasteiger partial charge in [0.05, 0.1) is 12.0 Å². The van der Waals surface area contributed by atoms with Gasteiger partial charge in [0.25, 0.3) is 0 Å². The van der Waals surface area contributed by atoms with Gasteiger partial charge < -0.3 is 15.5 Å². The zero-order valence-corrected chi connectivity index (χ0v) is 5.74. The van der Waals surface area contributed by atoms with Crippen LogP contribution in [0, 0.1) is 5.92 Å². The van der Waals surface area contributed by atoms with Gasteiger partial charge in [-0.2, -0.15) is 0 Å². The van der Waals surface area contributed by atoms with Crippen molar-refractivity contribution in [2.75, 3.05) is 6.54 Å². The summed E-state index contributed by atoms with van der Waals surface area (Å²) in [4.78, 5) is 10.4. The van der Waals surface area contributed by atoms with E-state index >= 15 is 0 Å². The van der Waals surface area contributed by atoms with Gasteiger partial charge in [0, 0.05) is 12.6 Å². The molecule has 0 aromatic heterocycles. The highest BCUT2D eigenvalue weighted by molar-refractivity contribution is 5.71. The van der Waals surface area contributed by atoms with E-state index in [4.69, 9.17) is 5.11 Å². The van der Waals surface area contributed by atoms with E-state index in [9.17, 15) is 9.90 Å². The normalized spacial score (nSPS) is 40.0. The standard InChI is InChI=1S/C6H11NO3/c1-3-5(8)4(2-7-3)6(9)10/h3-5,7-8H,2H2,1H3,(H,9,10)/t3-,4-,5+/m0/s1. The van der Waals surface area contributed by atoms with Gasteiger partial charge in [-0.15, -0.1) is 0 Å². The number of hydrogen-bond donors (Lipinski definition) is 3. The van der Waals surface area contributed by atoms with E-state index in [-0.39, 0.29) is 6.04 Å². The van der Waals surface area contributed by atoms with E-state index in [1.807, 2.05) is 0 Å². The number of aliphatic carboxylic acids is 1. The lowest BCUT2D eigenvalue weighted by atomic mass is 10.0. The molecule has 1 aliphatic rings. The topological polar surface area (TPSA) is 69.6 Å². The van der Waals surface area contributed by atoms with E-state index in [1.165, 1.54) is 0 Å². The Morgan fingerprint density at radius 3 is 2.50 bits per heavy atom. The Morgan fingerprint density at radius 1 is 1.70 bits per heavy atom. The van der Waals surface area contributed by atoms with Crippen LogP contribution in [-0.4, -0.2) is 34.9 Å². The molecule has 0 aliphatic carbocycles. The molecular weight excluding hydrogens is 134 g/mol. The Morgan fingerprint density at radius 2 is 2.30 bits per heavy atom. The third-order valence-electron chi connectivity index (χ3n) is 1.90. The van der Waals surface area contributed by atoms with Gasteiger partial charge in [0.1, 0.15) is 0 Å². The van der Waals surface area contributed by atoms with E-state index < -0.39 is 18.0 Å². The maximum Gasteiger partial charge on any atom is 0.310 e. The molecule has 0 amide bonds. The largest absolute Gasteiger partial charge is 0.481 e. The van der Waals surface area contributed by atoms with Crippen molar-refractivity contribution in [1.82, 2.24) is 5.32 Å². The van der Waals surface area contributed by atoms with Crippen molar-refractivity contribution in [3.8, 4) is 0 Å². The molecule has 0 aromatic carbocycles. The van der Waals surface area contributed by atoms with Gasteiger partial charge in [-0.05, 0) is 6.92 Å². The van der Waals surface area contributed by atoms with Crippen molar-refractivity contribution in [2.45, 2.75) is 19.1 Å². The molecule has 1 aliphatic heterocycles. The highest BCUT2D eigenvalue weighted by Crippen LogP contribution is 2.14. The third-order valence-corrected chi connectivity index (χ3v) is 1.90. The lowest BCUT2D eigenvalue weighted by Crippen LogP contribution is -2.30. The Bertz CT molecular complexity index is 148. The van der Waals surface area contributed by atoms with Gasteiger partial charge >= 0.3 is 5.97 Å². The van der Waals surface area contributed by atoms with Crippen LogP contribution in [0.15, 0.2) is 0 Å². The van der Waals surface area contributed by atoms with Crippen molar-refractivity contribution >= 4 is 5.97 Å². The summed E-state index contributed by atoms with van der Waals surface area (Å²) in [5, 5.41) is 20.6. The summed E-state index contributed by atoms with van der Waals surface area (Å²) in [6, 6.07) is -0.0962. The SMILES string of the molecule is C[C@@H]1NC[C@H](C(=O)O)[C@@H]1O. The van der Waals surface area contributed by atoms with Crippen LogP contribution in [0.3, 0.4) is 0 Å². The van der Waals surface area contributed by atoms with Crippen LogP contribution in [0.25, 0.3) is 0 Å². The Balaban J connectivity index is 2.57. The van der Waals surface area contributed by atoms with Gasteiger partial charge in [-0.25, -0.2) is 0 Å². The third kappa shape index (κ3) is 1.12. The lowest BCUT2D eigenvalue weighted by Gasteiger charge is -2.10. The molecule has 58 valence electrons. The van der Waals surface area contributed by atoms with Gasteiger partial charge in [0.15, 0.2) is 0 Å². The summed E-state index contributed by atoms with van der Waals surface area (Å²) >= 11 is 0. The second-order valence-corrected chi connectivity index (χ2v) is 2.63. The quantitative estimate of drug-likeness (QED) is 0.444. The molecule has 0 saturated carbocycles. The fourth-order valence-corrected chi connectivity index (χ4v) is 1.14. The van der Waals surface area contributed by atoms with Gasteiger partial charge in [0.2, 0.25) is 0 Å². The first-order valence-electron chi connectivity index (χ1n) is 3.27. The number of carboxylic acids is 1. The van der Waals surface area contributed by atoms with Crippen molar-refractivity contribution in [3.63, 3.8) is 0 Å². The first-order valence-corrected chi connectivity index (χ1v) is 3.27. The van der Waals surface area contributed by atoms with E-state index in [1.54, 1.807) is 6.92 Å². The van der Waals surface area contributed by atoms with E-state index in [2.05, 4.69) is 5.32 Å². The Labute approximate surface area is 58.9 Å². The number of rotatable bonds is 1. The first-order chi connectivity index (χ1) is 4.63. The van der Waals surface area contributed by atoms with E-state index in [0.29, 0.717) is 6.54 Å². The maximum atomic E-state index is 10.4. The number of nitrogens with one attached hydrogen (secondary N) is 1. The van der Waals surface area contributed by atoms with Crippen molar-refractivity contribution in [3.05, 3.63) is 0 Å². The van der Waals surface area contributed by atoms with E-state index in [0.717, 1.165) is 0 Å². The maximum absolute atomic E-state index is 10.4. The molecule has 4 heteroatoms. The zero-order valence-electron chi connectivity index (χ0n) is 5.74. The molecule has 0 bridgehead atoms. The predicted octanol–water partition coefficient (Wildman–Crippen LogP) is -0.960. The van der Waals surface area contributed by atoms with Gasteiger partial charge in [-0.1, -0.05) is 0 Å². The number of carbonyl (C=O) groups is 1. The first kappa shape index (κ1) is 7.50.